The van der Waals surface area contributed by atoms with Gasteiger partial charge in [-0.3, -0.25) is 4.79 Å². The van der Waals surface area contributed by atoms with Crippen LogP contribution in [0.4, 0.5) is 5.69 Å². The van der Waals surface area contributed by atoms with Crippen molar-refractivity contribution in [3.8, 4) is 11.5 Å². The first-order valence-corrected chi connectivity index (χ1v) is 10.3. The van der Waals surface area contributed by atoms with Gasteiger partial charge in [-0.15, -0.1) is 6.58 Å². The smallest absolute Gasteiger partial charge is 0.262 e. The fourth-order valence-electron chi connectivity index (χ4n) is 3.36. The molecule has 0 atom stereocenters. The lowest BCUT2D eigenvalue weighted by Crippen LogP contribution is -2.20. The summed E-state index contributed by atoms with van der Waals surface area (Å²) in [5.41, 5.74) is 2.88. The number of aromatic nitrogens is 2. The largest absolute Gasteiger partial charge is 0.493 e. The maximum Gasteiger partial charge on any atom is 0.262 e. The summed E-state index contributed by atoms with van der Waals surface area (Å²) in [4.78, 5) is 16.8. The van der Waals surface area contributed by atoms with E-state index in [-0.39, 0.29) is 12.5 Å². The van der Waals surface area contributed by atoms with E-state index in [9.17, 15) is 4.79 Å². The van der Waals surface area contributed by atoms with Gasteiger partial charge in [-0.2, -0.15) is 0 Å². The van der Waals surface area contributed by atoms with Gasteiger partial charge in [-0.25, -0.2) is 4.98 Å². The maximum atomic E-state index is 12.4. The average Bonchev–Trinajstić information content (AvgIpc) is 3.21. The predicted molar refractivity (Wildman–Crippen MR) is 123 cm³/mol. The van der Waals surface area contributed by atoms with E-state index in [0.717, 1.165) is 29.1 Å². The fraction of sp³-hybridized carbons (Fsp3) is 0.280. The summed E-state index contributed by atoms with van der Waals surface area (Å²) in [6, 6.07) is 13.4. The highest BCUT2D eigenvalue weighted by Crippen LogP contribution is 2.28. The number of nitrogens with one attached hydrogen (secondary N) is 1. The van der Waals surface area contributed by atoms with Gasteiger partial charge < -0.3 is 19.4 Å². The summed E-state index contributed by atoms with van der Waals surface area (Å²) in [6.07, 6.45) is 6.36. The predicted octanol–water partition coefficient (Wildman–Crippen LogP) is 4.81. The molecule has 0 aliphatic rings. The summed E-state index contributed by atoms with van der Waals surface area (Å²) in [5.74, 6) is 2.27. The van der Waals surface area contributed by atoms with Crippen molar-refractivity contribution >= 4 is 11.6 Å². The van der Waals surface area contributed by atoms with E-state index in [2.05, 4.69) is 35.3 Å². The minimum Gasteiger partial charge on any atom is -0.493 e. The molecule has 0 unspecified atom stereocenters. The highest BCUT2D eigenvalue weighted by atomic mass is 16.5. The molecule has 0 aliphatic heterocycles. The SMILES string of the molecule is C=CCc1ccc(OCC(=O)Nc2cccc(Cn3ccnc3C(C)C)c2)c(OC)c1. The van der Waals surface area contributed by atoms with Crippen LogP contribution in [0, 0.1) is 0 Å². The van der Waals surface area contributed by atoms with Crippen LogP contribution in [0.1, 0.15) is 36.7 Å². The first kappa shape index (κ1) is 22.2. The highest BCUT2D eigenvalue weighted by Gasteiger charge is 2.10. The molecule has 1 aromatic heterocycles. The first-order chi connectivity index (χ1) is 15.0. The molecule has 0 fully saturated rings. The average molecular weight is 420 g/mol. The molecule has 1 heterocycles. The number of carbonyl (C=O) groups is 1. The van der Waals surface area contributed by atoms with E-state index in [1.165, 1.54) is 0 Å². The molecule has 3 rings (SSSR count). The zero-order chi connectivity index (χ0) is 22.2. The van der Waals surface area contributed by atoms with E-state index in [1.54, 1.807) is 7.11 Å². The molecule has 0 radical (unpaired) electrons. The van der Waals surface area contributed by atoms with E-state index < -0.39 is 0 Å². The molecular weight excluding hydrogens is 390 g/mol. The number of methoxy groups -OCH3 is 1. The zero-order valence-electron chi connectivity index (χ0n) is 18.3. The highest BCUT2D eigenvalue weighted by molar-refractivity contribution is 5.92. The van der Waals surface area contributed by atoms with E-state index in [4.69, 9.17) is 9.47 Å². The Kier molecular flexibility index (Phi) is 7.49. The molecule has 0 aliphatic carbocycles. The number of ether oxygens (including phenoxy) is 2. The number of allylic oxidation sites excluding steroid dienone is 1. The summed E-state index contributed by atoms with van der Waals surface area (Å²) in [5, 5.41) is 2.90. The van der Waals surface area contributed by atoms with Crippen molar-refractivity contribution in [1.29, 1.82) is 0 Å². The van der Waals surface area contributed by atoms with Gasteiger partial charge in [-0.1, -0.05) is 38.1 Å². The molecular formula is C25H29N3O3. The topological polar surface area (TPSA) is 65.4 Å². The van der Waals surface area contributed by atoms with Crippen LogP contribution in [0.25, 0.3) is 0 Å². The molecule has 0 saturated heterocycles. The number of nitrogens with zero attached hydrogens (tertiary/aromatic N) is 2. The summed E-state index contributed by atoms with van der Waals surface area (Å²) in [7, 11) is 1.58. The van der Waals surface area contributed by atoms with Crippen LogP contribution >= 0.6 is 0 Å². The number of benzene rings is 2. The zero-order valence-corrected chi connectivity index (χ0v) is 18.3. The monoisotopic (exact) mass is 419 g/mol. The van der Waals surface area contributed by atoms with Gasteiger partial charge in [0.1, 0.15) is 5.82 Å². The molecule has 0 spiro atoms. The van der Waals surface area contributed by atoms with Gasteiger partial charge in [0.2, 0.25) is 0 Å². The van der Waals surface area contributed by atoms with E-state index in [0.29, 0.717) is 24.0 Å². The fourth-order valence-corrected chi connectivity index (χ4v) is 3.36. The van der Waals surface area contributed by atoms with E-state index in [1.807, 2.05) is 60.9 Å². The van der Waals surface area contributed by atoms with Crippen molar-refractivity contribution in [2.24, 2.45) is 0 Å². The normalized spacial score (nSPS) is 10.7. The number of rotatable bonds is 10. The lowest BCUT2D eigenvalue weighted by Gasteiger charge is -2.13. The quantitative estimate of drug-likeness (QED) is 0.479. The van der Waals surface area contributed by atoms with Gasteiger partial charge in [0, 0.05) is 30.5 Å². The van der Waals surface area contributed by atoms with E-state index >= 15 is 0 Å². The van der Waals surface area contributed by atoms with Crippen molar-refractivity contribution in [2.45, 2.75) is 32.7 Å². The molecule has 0 bridgehead atoms. The molecule has 3 aromatic rings. The Hall–Kier alpha value is -3.54. The molecule has 1 amide bonds. The van der Waals surface area contributed by atoms with Gasteiger partial charge in [-0.05, 0) is 41.8 Å². The number of hydrogen-bond acceptors (Lipinski definition) is 4. The molecule has 6 heteroatoms. The van der Waals surface area contributed by atoms with Crippen LogP contribution in [0.15, 0.2) is 67.5 Å². The van der Waals surface area contributed by atoms with Gasteiger partial charge >= 0.3 is 0 Å². The minimum atomic E-state index is -0.236. The third-order valence-electron chi connectivity index (χ3n) is 4.79. The Morgan fingerprint density at radius 2 is 2.03 bits per heavy atom. The number of carbonyl (C=O) groups excluding carboxylic acids is 1. The lowest BCUT2D eigenvalue weighted by atomic mass is 10.1. The van der Waals surface area contributed by atoms with Gasteiger partial charge in [0.25, 0.3) is 5.91 Å². The van der Waals surface area contributed by atoms with Crippen molar-refractivity contribution in [3.05, 3.63) is 84.5 Å². The van der Waals surface area contributed by atoms with Crippen LogP contribution in [0.2, 0.25) is 0 Å². The number of anilines is 1. The van der Waals surface area contributed by atoms with Crippen molar-refractivity contribution in [1.82, 2.24) is 9.55 Å². The van der Waals surface area contributed by atoms with Crippen LogP contribution in [-0.2, 0) is 17.8 Å². The molecule has 0 saturated carbocycles. The maximum absolute atomic E-state index is 12.4. The number of hydrogen-bond donors (Lipinski definition) is 1. The second kappa shape index (κ2) is 10.5. The standard InChI is InChI=1S/C25H29N3O3/c1-5-7-19-10-11-22(23(15-19)30-4)31-17-24(29)27-21-9-6-8-20(14-21)16-28-13-12-26-25(28)18(2)3/h5-6,8-15,18H,1,7,16-17H2,2-4H3,(H,27,29). The van der Waals surface area contributed by atoms with Crippen molar-refractivity contribution < 1.29 is 14.3 Å². The van der Waals surface area contributed by atoms with Gasteiger partial charge in [0.05, 0.1) is 7.11 Å². The second-order valence-corrected chi connectivity index (χ2v) is 7.58. The Morgan fingerprint density at radius 1 is 1.19 bits per heavy atom. The van der Waals surface area contributed by atoms with Crippen molar-refractivity contribution in [3.63, 3.8) is 0 Å². The lowest BCUT2D eigenvalue weighted by molar-refractivity contribution is -0.118. The van der Waals surface area contributed by atoms with Crippen LogP contribution in [-0.4, -0.2) is 29.2 Å². The summed E-state index contributed by atoms with van der Waals surface area (Å²) >= 11 is 0. The third kappa shape index (κ3) is 5.98. The Balaban J connectivity index is 1.60. The Morgan fingerprint density at radius 3 is 2.77 bits per heavy atom. The number of imidazole rings is 1. The van der Waals surface area contributed by atoms with Crippen LogP contribution < -0.4 is 14.8 Å². The third-order valence-corrected chi connectivity index (χ3v) is 4.79. The minimum absolute atomic E-state index is 0.111. The Bertz CT molecular complexity index is 1040. The van der Waals surface area contributed by atoms with Crippen molar-refractivity contribution in [2.75, 3.05) is 19.0 Å². The summed E-state index contributed by atoms with van der Waals surface area (Å²) in [6.45, 7) is 8.57. The van der Waals surface area contributed by atoms with Gasteiger partial charge in [0.15, 0.2) is 18.1 Å². The van der Waals surface area contributed by atoms with Crippen LogP contribution in [0.3, 0.4) is 0 Å². The molecule has 6 nitrogen and oxygen atoms in total. The second-order valence-electron chi connectivity index (χ2n) is 7.58. The number of amides is 1. The molecule has 2 aromatic carbocycles. The summed E-state index contributed by atoms with van der Waals surface area (Å²) < 4.78 is 13.2. The molecule has 162 valence electrons. The Labute approximate surface area is 183 Å². The van der Waals surface area contributed by atoms with Crippen LogP contribution in [0.5, 0.6) is 11.5 Å². The first-order valence-electron chi connectivity index (χ1n) is 10.3. The molecule has 31 heavy (non-hydrogen) atoms. The molecule has 1 N–H and O–H groups in total.